The van der Waals surface area contributed by atoms with Crippen molar-refractivity contribution >= 4 is 11.6 Å². The van der Waals surface area contributed by atoms with Crippen molar-refractivity contribution in [3.63, 3.8) is 0 Å². The molecule has 2 rings (SSSR count). The van der Waals surface area contributed by atoms with Crippen molar-refractivity contribution in [3.8, 4) is 5.82 Å². The van der Waals surface area contributed by atoms with Crippen LogP contribution >= 0.6 is 0 Å². The summed E-state index contributed by atoms with van der Waals surface area (Å²) in [5.41, 5.74) is -0.195. The zero-order valence-corrected chi connectivity index (χ0v) is 12.2. The summed E-state index contributed by atoms with van der Waals surface area (Å²) < 4.78 is 1.43. The third-order valence-corrected chi connectivity index (χ3v) is 2.83. The van der Waals surface area contributed by atoms with Crippen molar-refractivity contribution in [2.75, 3.05) is 11.9 Å². The molecule has 21 heavy (non-hydrogen) atoms. The fraction of sp³-hybridized carbons (Fsp3) is 0.500. The van der Waals surface area contributed by atoms with Crippen molar-refractivity contribution in [3.05, 3.63) is 28.0 Å². The monoisotopic (exact) mass is 291 g/mol. The van der Waals surface area contributed by atoms with Gasteiger partial charge in [-0.2, -0.15) is 9.67 Å². The lowest BCUT2D eigenvalue weighted by Gasteiger charge is -2.06. The fourth-order valence-electron chi connectivity index (χ4n) is 1.83. The molecule has 0 spiro atoms. The first-order valence-corrected chi connectivity index (χ1v) is 6.81. The lowest BCUT2D eigenvalue weighted by atomic mass is 10.4. The van der Waals surface area contributed by atoms with Crippen LogP contribution in [0.2, 0.25) is 0 Å². The second kappa shape index (κ2) is 6.25. The lowest BCUT2D eigenvalue weighted by Crippen LogP contribution is -2.11. The Bertz CT molecular complexity index is 653. The van der Waals surface area contributed by atoms with Gasteiger partial charge in [-0.15, -0.1) is 5.10 Å². The van der Waals surface area contributed by atoms with E-state index >= 15 is 0 Å². The summed E-state index contributed by atoms with van der Waals surface area (Å²) in [5.74, 6) is 1.73. The highest BCUT2D eigenvalue weighted by atomic mass is 16.6. The highest BCUT2D eigenvalue weighted by molar-refractivity contribution is 5.48. The van der Waals surface area contributed by atoms with Crippen LogP contribution in [0.25, 0.3) is 5.82 Å². The van der Waals surface area contributed by atoms with Gasteiger partial charge in [-0.25, -0.2) is 9.97 Å². The van der Waals surface area contributed by atoms with Crippen LogP contribution in [0, 0.1) is 10.1 Å². The molecule has 0 aliphatic heterocycles. The van der Waals surface area contributed by atoms with E-state index in [1.54, 1.807) is 0 Å². The van der Waals surface area contributed by atoms with Crippen LogP contribution in [-0.2, 0) is 12.8 Å². The number of aromatic nitrogens is 5. The molecule has 0 atom stereocenters. The van der Waals surface area contributed by atoms with Crippen LogP contribution in [0.4, 0.5) is 11.6 Å². The highest BCUT2D eigenvalue weighted by Crippen LogP contribution is 2.22. The number of anilines is 1. The smallest absolute Gasteiger partial charge is 0.332 e. The minimum Gasteiger partial charge on any atom is -0.354 e. The van der Waals surface area contributed by atoms with E-state index in [1.807, 2.05) is 20.8 Å². The molecule has 0 saturated carbocycles. The molecule has 2 aromatic heterocycles. The van der Waals surface area contributed by atoms with Gasteiger partial charge in [0.2, 0.25) is 11.8 Å². The first-order chi connectivity index (χ1) is 10.1. The molecular weight excluding hydrogens is 274 g/mol. The predicted molar refractivity (Wildman–Crippen MR) is 76.5 cm³/mol. The first-order valence-electron chi connectivity index (χ1n) is 6.81. The predicted octanol–water partition coefficient (Wildman–Crippen LogP) is 1.52. The summed E-state index contributed by atoms with van der Waals surface area (Å²) in [6.45, 7) is 6.36. The number of hydrogen-bond acceptors (Lipinski definition) is 7. The topological polar surface area (TPSA) is 112 Å². The molecule has 0 bridgehead atoms. The Morgan fingerprint density at radius 1 is 1.29 bits per heavy atom. The largest absolute Gasteiger partial charge is 0.354 e. The molecule has 0 unspecified atom stereocenters. The van der Waals surface area contributed by atoms with Crippen LogP contribution in [0.5, 0.6) is 0 Å². The maximum atomic E-state index is 11.2. The summed E-state index contributed by atoms with van der Waals surface area (Å²) in [5, 5.41) is 18.4. The number of rotatable bonds is 6. The summed E-state index contributed by atoms with van der Waals surface area (Å²) in [6.07, 6.45) is 2.44. The Morgan fingerprint density at radius 2 is 2.05 bits per heavy atom. The van der Waals surface area contributed by atoms with Gasteiger partial charge in [-0.3, -0.25) is 10.1 Å². The number of aryl methyl sites for hydroxylation is 2. The molecule has 9 heteroatoms. The number of nitrogens with one attached hydrogen (secondary N) is 1. The van der Waals surface area contributed by atoms with Crippen LogP contribution in [0.15, 0.2) is 6.20 Å². The quantitative estimate of drug-likeness (QED) is 0.634. The molecule has 0 amide bonds. The van der Waals surface area contributed by atoms with Crippen molar-refractivity contribution in [2.45, 2.75) is 33.6 Å². The molecule has 0 aliphatic carbocycles. The van der Waals surface area contributed by atoms with Crippen molar-refractivity contribution in [1.82, 2.24) is 24.7 Å². The summed E-state index contributed by atoms with van der Waals surface area (Å²) in [4.78, 5) is 23.2. The Kier molecular flexibility index (Phi) is 4.41. The number of hydrogen-bond donors (Lipinski definition) is 1. The molecule has 9 nitrogen and oxygen atoms in total. The fourth-order valence-corrected chi connectivity index (χ4v) is 1.83. The van der Waals surface area contributed by atoms with E-state index in [0.717, 1.165) is 0 Å². The average Bonchev–Trinajstić information content (AvgIpc) is 2.90. The van der Waals surface area contributed by atoms with E-state index in [9.17, 15) is 10.1 Å². The van der Waals surface area contributed by atoms with Gasteiger partial charge in [0.15, 0.2) is 5.82 Å². The molecule has 112 valence electrons. The highest BCUT2D eigenvalue weighted by Gasteiger charge is 2.22. The Balaban J connectivity index is 2.61. The van der Waals surface area contributed by atoms with Gasteiger partial charge in [0.05, 0.1) is 4.92 Å². The molecule has 0 aliphatic rings. The minimum atomic E-state index is -0.516. The summed E-state index contributed by atoms with van der Waals surface area (Å²) in [6, 6.07) is 0. The number of nitrogens with zero attached hydrogens (tertiary/aromatic N) is 6. The van der Waals surface area contributed by atoms with Gasteiger partial charge >= 0.3 is 5.69 Å². The summed E-state index contributed by atoms with van der Waals surface area (Å²) >= 11 is 0. The van der Waals surface area contributed by atoms with Gasteiger partial charge in [-0.05, 0) is 6.92 Å². The summed E-state index contributed by atoms with van der Waals surface area (Å²) in [7, 11) is 0. The third kappa shape index (κ3) is 2.96. The number of nitro groups is 1. The van der Waals surface area contributed by atoms with Gasteiger partial charge < -0.3 is 5.32 Å². The zero-order chi connectivity index (χ0) is 15.4. The lowest BCUT2D eigenvalue weighted by molar-refractivity contribution is -0.385. The van der Waals surface area contributed by atoms with E-state index < -0.39 is 4.92 Å². The maximum absolute atomic E-state index is 11.2. The van der Waals surface area contributed by atoms with Gasteiger partial charge in [-0.1, -0.05) is 13.8 Å². The maximum Gasteiger partial charge on any atom is 0.332 e. The molecule has 0 radical (unpaired) electrons. The third-order valence-electron chi connectivity index (χ3n) is 2.83. The van der Waals surface area contributed by atoms with E-state index in [1.165, 1.54) is 10.9 Å². The van der Waals surface area contributed by atoms with Crippen molar-refractivity contribution in [2.24, 2.45) is 0 Å². The molecular formula is C12H17N7O2. The normalized spacial score (nSPS) is 10.6. The standard InChI is InChI=1S/C12H17N7O2/c1-4-9-15-10(5-2)18(17-9)11-8(19(20)21)7-14-12(16-11)13-6-3/h7H,4-6H2,1-3H3,(H,13,14,16). The SMILES string of the molecule is CCNc1ncc([N+](=O)[O-])c(-n2nc(CC)nc2CC)n1. The Hall–Kier alpha value is -2.58. The van der Waals surface area contributed by atoms with E-state index in [2.05, 4.69) is 25.4 Å². The zero-order valence-electron chi connectivity index (χ0n) is 12.2. The Morgan fingerprint density at radius 3 is 2.62 bits per heavy atom. The molecule has 2 heterocycles. The Labute approximate surface area is 121 Å². The molecule has 1 N–H and O–H groups in total. The first kappa shape index (κ1) is 14.8. The minimum absolute atomic E-state index is 0.134. The van der Waals surface area contributed by atoms with Crippen LogP contribution in [0.3, 0.4) is 0 Å². The van der Waals surface area contributed by atoms with Gasteiger partial charge in [0, 0.05) is 19.4 Å². The van der Waals surface area contributed by atoms with Gasteiger partial charge in [0.25, 0.3) is 0 Å². The molecule has 2 aromatic rings. The van der Waals surface area contributed by atoms with E-state index in [4.69, 9.17) is 0 Å². The van der Waals surface area contributed by atoms with E-state index in [-0.39, 0.29) is 11.5 Å². The second-order valence-corrected chi connectivity index (χ2v) is 4.25. The molecule has 0 fully saturated rings. The molecule has 0 saturated heterocycles. The van der Waals surface area contributed by atoms with E-state index in [0.29, 0.717) is 37.0 Å². The van der Waals surface area contributed by atoms with Crippen molar-refractivity contribution < 1.29 is 4.92 Å². The molecule has 0 aromatic carbocycles. The van der Waals surface area contributed by atoms with Gasteiger partial charge in [0.1, 0.15) is 12.0 Å². The van der Waals surface area contributed by atoms with Crippen LogP contribution in [-0.4, -0.2) is 36.2 Å². The van der Waals surface area contributed by atoms with Crippen LogP contribution < -0.4 is 5.32 Å². The van der Waals surface area contributed by atoms with Crippen LogP contribution in [0.1, 0.15) is 32.4 Å². The van der Waals surface area contributed by atoms with Crippen molar-refractivity contribution in [1.29, 1.82) is 0 Å². The second-order valence-electron chi connectivity index (χ2n) is 4.25. The average molecular weight is 291 g/mol.